The quantitative estimate of drug-likeness (QED) is 0.677. The van der Waals surface area contributed by atoms with Crippen LogP contribution < -0.4 is 15.7 Å². The molecule has 27 heavy (non-hydrogen) atoms. The van der Waals surface area contributed by atoms with Crippen molar-refractivity contribution in [3.63, 3.8) is 0 Å². The predicted octanol–water partition coefficient (Wildman–Crippen LogP) is 3.39. The van der Waals surface area contributed by atoms with Crippen molar-refractivity contribution in [2.24, 2.45) is 0 Å². The number of ether oxygens (including phenoxy) is 1. The summed E-state index contributed by atoms with van der Waals surface area (Å²) in [5.74, 6) is 0.642. The molecule has 2 aromatic carbocycles. The van der Waals surface area contributed by atoms with E-state index >= 15 is 0 Å². The Morgan fingerprint density at radius 2 is 1.96 bits per heavy atom. The largest absolute Gasteiger partial charge is 0.497 e. The maximum absolute atomic E-state index is 12.0. The van der Waals surface area contributed by atoms with Gasteiger partial charge in [-0.3, -0.25) is 9.69 Å². The number of anilines is 1. The fourth-order valence-electron chi connectivity index (χ4n) is 3.07. The number of hydrogen-bond donors (Lipinski definition) is 1. The molecule has 0 aliphatic rings. The Hall–Kier alpha value is -3.12. The third-order valence-electron chi connectivity index (χ3n) is 4.18. The molecule has 0 atom stereocenters. The van der Waals surface area contributed by atoms with Gasteiger partial charge in [-0.15, -0.1) is 0 Å². The molecule has 0 spiro atoms. The molecule has 1 amide bonds. The summed E-state index contributed by atoms with van der Waals surface area (Å²) in [5, 5.41) is 3.55. The summed E-state index contributed by atoms with van der Waals surface area (Å²) in [6, 6.07) is 14.7. The van der Waals surface area contributed by atoms with Gasteiger partial charge in [-0.2, -0.15) is 0 Å². The highest BCUT2D eigenvalue weighted by Crippen LogP contribution is 2.23. The molecule has 3 rings (SSSR count). The van der Waals surface area contributed by atoms with Crippen molar-refractivity contribution < 1.29 is 13.9 Å². The van der Waals surface area contributed by atoms with Gasteiger partial charge in [-0.1, -0.05) is 12.1 Å². The fraction of sp³-hybridized carbons (Fsp3) is 0.238. The van der Waals surface area contributed by atoms with Gasteiger partial charge < -0.3 is 14.5 Å². The van der Waals surface area contributed by atoms with Gasteiger partial charge in [0.25, 0.3) is 0 Å². The molecular weight excluding hydrogens is 344 g/mol. The summed E-state index contributed by atoms with van der Waals surface area (Å²) in [5.41, 5.74) is 2.64. The first-order valence-electron chi connectivity index (χ1n) is 8.60. The highest BCUT2D eigenvalue weighted by molar-refractivity contribution is 5.92. The lowest BCUT2D eigenvalue weighted by atomic mass is 10.1. The molecule has 1 N–H and O–H groups in total. The normalized spacial score (nSPS) is 11.0. The third-order valence-corrected chi connectivity index (χ3v) is 4.18. The molecule has 3 aromatic rings. The standard InChI is InChI=1S/C21H22N2O4/c1-14(24)22-17-7-8-19-16(10-21(25)27-20(19)11-17)13-23(2)12-15-5-4-6-18(9-15)26-3/h4-11H,12-13H2,1-3H3,(H,22,24). The van der Waals surface area contributed by atoms with Gasteiger partial charge in [-0.25, -0.2) is 4.79 Å². The molecule has 1 heterocycles. The Morgan fingerprint density at radius 1 is 1.15 bits per heavy atom. The number of nitrogens with zero attached hydrogens (tertiary/aromatic N) is 1. The van der Waals surface area contributed by atoms with E-state index in [1.807, 2.05) is 37.4 Å². The Balaban J connectivity index is 1.84. The number of amides is 1. The molecule has 140 valence electrons. The Kier molecular flexibility index (Phi) is 5.57. The molecular formula is C21H22N2O4. The fourth-order valence-corrected chi connectivity index (χ4v) is 3.07. The monoisotopic (exact) mass is 366 g/mol. The van der Waals surface area contributed by atoms with Crippen LogP contribution in [0.5, 0.6) is 5.75 Å². The minimum atomic E-state index is -0.410. The number of carbonyl (C=O) groups is 1. The Labute approximate surface area is 157 Å². The zero-order valence-corrected chi connectivity index (χ0v) is 15.6. The molecule has 0 radical (unpaired) electrons. The van der Waals surface area contributed by atoms with Gasteiger partial charge in [0, 0.05) is 43.2 Å². The third kappa shape index (κ3) is 4.74. The van der Waals surface area contributed by atoms with Gasteiger partial charge in [0.1, 0.15) is 11.3 Å². The number of fused-ring (bicyclic) bond motifs is 1. The molecule has 0 aliphatic heterocycles. The van der Waals surface area contributed by atoms with Crippen LogP contribution in [-0.2, 0) is 17.9 Å². The summed E-state index contributed by atoms with van der Waals surface area (Å²) in [4.78, 5) is 25.3. The second kappa shape index (κ2) is 8.05. The van der Waals surface area contributed by atoms with Crippen molar-refractivity contribution in [3.05, 3.63) is 70.1 Å². The van der Waals surface area contributed by atoms with E-state index in [1.165, 1.54) is 13.0 Å². The maximum Gasteiger partial charge on any atom is 0.336 e. The van der Waals surface area contributed by atoms with E-state index in [9.17, 15) is 9.59 Å². The molecule has 0 saturated heterocycles. The lowest BCUT2D eigenvalue weighted by molar-refractivity contribution is -0.114. The predicted molar refractivity (Wildman–Crippen MR) is 105 cm³/mol. The lowest BCUT2D eigenvalue weighted by Gasteiger charge is -2.18. The van der Waals surface area contributed by atoms with Crippen molar-refractivity contribution in [1.29, 1.82) is 0 Å². The zero-order chi connectivity index (χ0) is 19.4. The summed E-state index contributed by atoms with van der Waals surface area (Å²) >= 11 is 0. The van der Waals surface area contributed by atoms with Crippen molar-refractivity contribution in [2.45, 2.75) is 20.0 Å². The minimum absolute atomic E-state index is 0.175. The summed E-state index contributed by atoms with van der Waals surface area (Å²) < 4.78 is 10.6. The average molecular weight is 366 g/mol. The number of nitrogens with one attached hydrogen (secondary N) is 1. The molecule has 1 aromatic heterocycles. The van der Waals surface area contributed by atoms with Gasteiger partial charge in [0.2, 0.25) is 5.91 Å². The van der Waals surface area contributed by atoms with E-state index in [0.717, 1.165) is 22.3 Å². The SMILES string of the molecule is COc1cccc(CN(C)Cc2cc(=O)oc3cc(NC(C)=O)ccc23)c1. The zero-order valence-electron chi connectivity index (χ0n) is 15.6. The van der Waals surface area contributed by atoms with E-state index in [4.69, 9.17) is 9.15 Å². The van der Waals surface area contributed by atoms with Crippen LogP contribution in [0.4, 0.5) is 5.69 Å². The Bertz CT molecular complexity index is 1030. The van der Waals surface area contributed by atoms with E-state index in [1.54, 1.807) is 19.2 Å². The van der Waals surface area contributed by atoms with E-state index in [0.29, 0.717) is 24.4 Å². The van der Waals surface area contributed by atoms with Crippen LogP contribution in [0.15, 0.2) is 57.7 Å². The average Bonchev–Trinajstić information content (AvgIpc) is 2.60. The number of carbonyl (C=O) groups excluding carboxylic acids is 1. The maximum atomic E-state index is 12.0. The molecule has 0 aliphatic carbocycles. The second-order valence-corrected chi connectivity index (χ2v) is 6.51. The summed E-state index contributed by atoms with van der Waals surface area (Å²) in [6.07, 6.45) is 0. The molecule has 0 bridgehead atoms. The van der Waals surface area contributed by atoms with Crippen molar-refractivity contribution >= 4 is 22.6 Å². The molecule has 0 saturated carbocycles. The second-order valence-electron chi connectivity index (χ2n) is 6.51. The Morgan fingerprint density at radius 3 is 2.70 bits per heavy atom. The lowest BCUT2D eigenvalue weighted by Crippen LogP contribution is -2.18. The van der Waals surface area contributed by atoms with Crippen molar-refractivity contribution in [3.8, 4) is 5.75 Å². The van der Waals surface area contributed by atoms with Gasteiger partial charge in [-0.05, 0) is 42.4 Å². The van der Waals surface area contributed by atoms with Gasteiger partial charge in [0.05, 0.1) is 7.11 Å². The van der Waals surface area contributed by atoms with Crippen LogP contribution in [-0.4, -0.2) is 25.0 Å². The van der Waals surface area contributed by atoms with Crippen LogP contribution in [0, 0.1) is 0 Å². The van der Waals surface area contributed by atoms with Crippen LogP contribution in [0.1, 0.15) is 18.1 Å². The van der Waals surface area contributed by atoms with Crippen LogP contribution in [0.2, 0.25) is 0 Å². The van der Waals surface area contributed by atoms with E-state index in [-0.39, 0.29) is 5.91 Å². The molecule has 0 unspecified atom stereocenters. The number of methoxy groups -OCH3 is 1. The topological polar surface area (TPSA) is 71.8 Å². The van der Waals surface area contributed by atoms with E-state index < -0.39 is 5.63 Å². The van der Waals surface area contributed by atoms with Crippen LogP contribution in [0.3, 0.4) is 0 Å². The van der Waals surface area contributed by atoms with Crippen LogP contribution in [0.25, 0.3) is 11.0 Å². The van der Waals surface area contributed by atoms with Crippen LogP contribution >= 0.6 is 0 Å². The molecule has 6 heteroatoms. The minimum Gasteiger partial charge on any atom is -0.497 e. The molecule has 0 fully saturated rings. The highest BCUT2D eigenvalue weighted by atomic mass is 16.5. The van der Waals surface area contributed by atoms with Gasteiger partial charge >= 0.3 is 5.63 Å². The van der Waals surface area contributed by atoms with Crippen molar-refractivity contribution in [1.82, 2.24) is 4.90 Å². The number of hydrogen-bond acceptors (Lipinski definition) is 5. The van der Waals surface area contributed by atoms with E-state index in [2.05, 4.69) is 10.2 Å². The van der Waals surface area contributed by atoms with Gasteiger partial charge in [0.15, 0.2) is 0 Å². The number of rotatable bonds is 6. The smallest absolute Gasteiger partial charge is 0.336 e. The number of benzene rings is 2. The highest BCUT2D eigenvalue weighted by Gasteiger charge is 2.10. The first-order valence-corrected chi connectivity index (χ1v) is 8.60. The molecule has 6 nitrogen and oxygen atoms in total. The summed E-state index contributed by atoms with van der Waals surface area (Å²) in [6.45, 7) is 2.73. The van der Waals surface area contributed by atoms with Crippen molar-refractivity contribution in [2.75, 3.05) is 19.5 Å². The first kappa shape index (κ1) is 18.7. The first-order chi connectivity index (χ1) is 12.9. The summed E-state index contributed by atoms with van der Waals surface area (Å²) in [7, 11) is 3.64.